The Hall–Kier alpha value is -1.77. The number of piperazine rings is 1. The summed E-state index contributed by atoms with van der Waals surface area (Å²) in [5.41, 5.74) is 4.69. The van der Waals surface area contributed by atoms with E-state index in [4.69, 9.17) is 35.8 Å². The summed E-state index contributed by atoms with van der Waals surface area (Å²) in [4.78, 5) is 31.0. The lowest BCUT2D eigenvalue weighted by Gasteiger charge is -2.36. The van der Waals surface area contributed by atoms with Crippen LogP contribution in [0, 0.1) is 0 Å². The summed E-state index contributed by atoms with van der Waals surface area (Å²) >= 11 is 17.5. The highest BCUT2D eigenvalue weighted by Crippen LogP contribution is 2.42. The van der Waals surface area contributed by atoms with E-state index in [1.165, 1.54) is 11.1 Å². The van der Waals surface area contributed by atoms with Gasteiger partial charge in [-0.15, -0.1) is 0 Å². The van der Waals surface area contributed by atoms with Crippen molar-refractivity contribution in [2.75, 3.05) is 18.0 Å². The fraction of sp³-hybridized carbons (Fsp3) is 0.440. The van der Waals surface area contributed by atoms with Gasteiger partial charge in [0.15, 0.2) is 0 Å². The number of hydrogen-bond acceptors (Lipinski definition) is 6. The number of hydrogen-bond donors (Lipinski definition) is 2. The molecule has 0 radical (unpaired) electrons. The minimum absolute atomic E-state index is 0.133. The lowest BCUT2D eigenvalue weighted by molar-refractivity contribution is -0.137. The number of piperidine rings is 1. The second-order valence-electron chi connectivity index (χ2n) is 9.74. The van der Waals surface area contributed by atoms with E-state index in [9.17, 15) is 9.59 Å². The zero-order valence-corrected chi connectivity index (χ0v) is 21.0. The van der Waals surface area contributed by atoms with Gasteiger partial charge in [0.25, 0.3) is 0 Å². The second kappa shape index (κ2) is 8.71. The molecule has 1 N–H and O–H groups in total. The molecular formula is C25H26Cl2N4O2S. The molecule has 6 rings (SSSR count). The number of nitrogens with one attached hydrogen (secondary N) is 1. The number of amides is 2. The second-order valence-corrected chi connectivity index (χ2v) is 11.0. The molecule has 0 aliphatic carbocycles. The SMILES string of the molecule is O=C1CCC(N2Cc3cc(CN4C[C@@H]5C[C@H]4CN5c4cccc(Cl)c4Cl)ccc3C2S)C(=O)N1. The van der Waals surface area contributed by atoms with Crippen LogP contribution in [0.3, 0.4) is 0 Å². The van der Waals surface area contributed by atoms with Crippen LogP contribution in [0.5, 0.6) is 0 Å². The summed E-state index contributed by atoms with van der Waals surface area (Å²) in [6.07, 6.45) is 2.06. The van der Waals surface area contributed by atoms with Gasteiger partial charge in [-0.05, 0) is 41.7 Å². The number of rotatable bonds is 4. The normalized spacial score (nSPS) is 29.1. The summed E-state index contributed by atoms with van der Waals surface area (Å²) in [6, 6.07) is 13.1. The van der Waals surface area contributed by atoms with Gasteiger partial charge in [0.05, 0.1) is 27.1 Å². The van der Waals surface area contributed by atoms with Gasteiger partial charge < -0.3 is 4.90 Å². The number of carbonyl (C=O) groups excluding carboxylic acids is 2. The lowest BCUT2D eigenvalue weighted by Crippen LogP contribution is -2.51. The van der Waals surface area contributed by atoms with Crippen LogP contribution in [0.25, 0.3) is 0 Å². The maximum atomic E-state index is 12.4. The third-order valence-electron chi connectivity index (χ3n) is 7.74. The predicted molar refractivity (Wildman–Crippen MR) is 136 cm³/mol. The van der Waals surface area contributed by atoms with Crippen LogP contribution in [-0.2, 0) is 22.7 Å². The highest BCUT2D eigenvalue weighted by molar-refractivity contribution is 7.80. The van der Waals surface area contributed by atoms with E-state index >= 15 is 0 Å². The molecule has 4 aliphatic heterocycles. The van der Waals surface area contributed by atoms with Crippen molar-refractivity contribution < 1.29 is 9.59 Å². The summed E-state index contributed by atoms with van der Waals surface area (Å²) in [5, 5.41) is 3.58. The van der Waals surface area contributed by atoms with Crippen molar-refractivity contribution in [1.29, 1.82) is 0 Å². The molecule has 4 heterocycles. The Balaban J connectivity index is 1.13. The first kappa shape index (κ1) is 22.7. The standard InChI is InChI=1S/C25H26Cl2N4O2S/c26-19-2-1-3-20(23(19)27)30-13-16-9-17(30)12-29(16)10-14-4-5-18-15(8-14)11-31(25(18)34)21-6-7-22(32)28-24(21)33/h1-5,8,16-17,21,25,34H,6-7,9-13H2,(H,28,32,33)/t16-,17-,21?,25?/m0/s1. The molecular weight excluding hydrogens is 491 g/mol. The molecule has 9 heteroatoms. The zero-order valence-electron chi connectivity index (χ0n) is 18.6. The van der Waals surface area contributed by atoms with E-state index in [0.717, 1.165) is 37.3 Å². The number of fused-ring (bicyclic) bond motifs is 3. The van der Waals surface area contributed by atoms with E-state index < -0.39 is 0 Å². The topological polar surface area (TPSA) is 55.9 Å². The van der Waals surface area contributed by atoms with Crippen LogP contribution in [0.2, 0.25) is 10.0 Å². The molecule has 0 spiro atoms. The summed E-state index contributed by atoms with van der Waals surface area (Å²) < 4.78 is 0. The van der Waals surface area contributed by atoms with Crippen LogP contribution in [0.4, 0.5) is 5.69 Å². The summed E-state index contributed by atoms with van der Waals surface area (Å²) in [5.74, 6) is -0.396. The van der Waals surface area contributed by atoms with E-state index in [-0.39, 0.29) is 23.2 Å². The van der Waals surface area contributed by atoms with Crippen molar-refractivity contribution in [3.8, 4) is 0 Å². The Labute approximate surface area is 214 Å². The average Bonchev–Trinajstić information content (AvgIpc) is 3.49. The quantitative estimate of drug-likeness (QED) is 0.475. The molecule has 4 atom stereocenters. The Kier molecular flexibility index (Phi) is 5.81. The number of anilines is 1. The smallest absolute Gasteiger partial charge is 0.243 e. The van der Waals surface area contributed by atoms with Gasteiger partial charge in [-0.3, -0.25) is 24.7 Å². The molecule has 178 valence electrons. The van der Waals surface area contributed by atoms with Crippen molar-refractivity contribution in [3.05, 3.63) is 63.1 Å². The Morgan fingerprint density at radius 3 is 2.71 bits per heavy atom. The van der Waals surface area contributed by atoms with Gasteiger partial charge in [-0.1, -0.05) is 47.5 Å². The Bertz CT molecular complexity index is 1180. The van der Waals surface area contributed by atoms with Crippen molar-refractivity contribution in [3.63, 3.8) is 0 Å². The fourth-order valence-electron chi connectivity index (χ4n) is 6.07. The van der Waals surface area contributed by atoms with Crippen LogP contribution in [0.1, 0.15) is 41.3 Å². The van der Waals surface area contributed by atoms with Gasteiger partial charge >= 0.3 is 0 Å². The van der Waals surface area contributed by atoms with Crippen molar-refractivity contribution >= 4 is 53.3 Å². The van der Waals surface area contributed by atoms with E-state index in [0.29, 0.717) is 41.5 Å². The van der Waals surface area contributed by atoms with Gasteiger partial charge in [-0.2, -0.15) is 12.6 Å². The molecule has 4 aliphatic rings. The zero-order chi connectivity index (χ0) is 23.6. The van der Waals surface area contributed by atoms with Crippen molar-refractivity contribution in [1.82, 2.24) is 15.1 Å². The molecule has 2 unspecified atom stereocenters. The van der Waals surface area contributed by atoms with Crippen LogP contribution < -0.4 is 10.2 Å². The average molecular weight is 517 g/mol. The fourth-order valence-corrected chi connectivity index (χ4v) is 6.97. The van der Waals surface area contributed by atoms with Gasteiger partial charge in [0, 0.05) is 44.7 Å². The molecule has 2 aromatic carbocycles. The molecule has 0 aromatic heterocycles. The third kappa shape index (κ3) is 3.82. The van der Waals surface area contributed by atoms with Gasteiger partial charge in [0.2, 0.25) is 11.8 Å². The molecule has 6 nitrogen and oxygen atoms in total. The Morgan fingerprint density at radius 2 is 1.94 bits per heavy atom. The third-order valence-corrected chi connectivity index (χ3v) is 9.13. The minimum Gasteiger partial charge on any atom is -0.364 e. The highest BCUT2D eigenvalue weighted by Gasteiger charge is 2.44. The van der Waals surface area contributed by atoms with Crippen LogP contribution in [0.15, 0.2) is 36.4 Å². The van der Waals surface area contributed by atoms with E-state index in [1.807, 2.05) is 12.1 Å². The van der Waals surface area contributed by atoms with Gasteiger partial charge in [-0.25, -0.2) is 0 Å². The number of carbonyl (C=O) groups is 2. The molecule has 3 fully saturated rings. The number of benzene rings is 2. The predicted octanol–water partition coefficient (Wildman–Crippen LogP) is 4.01. The van der Waals surface area contributed by atoms with Crippen LogP contribution in [-0.4, -0.2) is 52.8 Å². The lowest BCUT2D eigenvalue weighted by atomic mass is 10.0. The highest BCUT2D eigenvalue weighted by atomic mass is 35.5. The first-order valence-electron chi connectivity index (χ1n) is 11.7. The van der Waals surface area contributed by atoms with Gasteiger partial charge in [0.1, 0.15) is 0 Å². The molecule has 2 amide bonds. The molecule has 0 saturated carbocycles. The minimum atomic E-state index is -0.310. The first-order chi connectivity index (χ1) is 16.4. The molecule has 2 bridgehead atoms. The number of imide groups is 1. The Morgan fingerprint density at radius 1 is 1.09 bits per heavy atom. The molecule has 3 saturated heterocycles. The monoisotopic (exact) mass is 516 g/mol. The van der Waals surface area contributed by atoms with Crippen LogP contribution >= 0.6 is 35.8 Å². The first-order valence-corrected chi connectivity index (χ1v) is 13.0. The van der Waals surface area contributed by atoms with Crippen molar-refractivity contribution in [2.24, 2.45) is 0 Å². The number of thiol groups is 1. The summed E-state index contributed by atoms with van der Waals surface area (Å²) in [7, 11) is 0. The van der Waals surface area contributed by atoms with E-state index in [1.54, 1.807) is 0 Å². The number of nitrogens with zero attached hydrogens (tertiary/aromatic N) is 3. The van der Waals surface area contributed by atoms with E-state index in [2.05, 4.69) is 44.3 Å². The maximum Gasteiger partial charge on any atom is 0.243 e. The number of likely N-dealkylation sites (tertiary alicyclic amines) is 1. The maximum absolute atomic E-state index is 12.4. The molecule has 34 heavy (non-hydrogen) atoms. The number of halogens is 2. The largest absolute Gasteiger partial charge is 0.364 e. The van der Waals surface area contributed by atoms with Crippen molar-refractivity contribution in [2.45, 2.75) is 55.9 Å². The summed E-state index contributed by atoms with van der Waals surface area (Å²) in [6.45, 7) is 3.54. The molecule has 2 aromatic rings.